The van der Waals surface area contributed by atoms with Crippen molar-refractivity contribution in [2.24, 2.45) is 5.73 Å². The first-order valence-corrected chi connectivity index (χ1v) is 8.92. The summed E-state index contributed by atoms with van der Waals surface area (Å²) in [4.78, 5) is 9.27. The van der Waals surface area contributed by atoms with Crippen molar-refractivity contribution in [2.75, 3.05) is 37.6 Å². The van der Waals surface area contributed by atoms with E-state index in [1.54, 1.807) is 0 Å². The Morgan fingerprint density at radius 2 is 1.69 bits per heavy atom. The third-order valence-corrected chi connectivity index (χ3v) is 4.78. The summed E-state index contributed by atoms with van der Waals surface area (Å²) in [5.74, 6) is 0. The van der Waals surface area contributed by atoms with Gasteiger partial charge in [-0.2, -0.15) is 0 Å². The highest BCUT2D eigenvalue weighted by molar-refractivity contribution is 5.85. The number of hydrogen-bond donors (Lipinski definition) is 1. The molecule has 1 aliphatic rings. The fourth-order valence-corrected chi connectivity index (χ4v) is 3.43. The summed E-state index contributed by atoms with van der Waals surface area (Å²) >= 11 is 0. The molecule has 144 valence electrons. The van der Waals surface area contributed by atoms with Crippen LogP contribution in [-0.2, 0) is 13.0 Å². The lowest BCUT2D eigenvalue weighted by Crippen LogP contribution is -2.30. The molecule has 0 radical (unpaired) electrons. The standard InChI is InChI=1S/C20H28N4.2ClH/c1-17-15-22-10-8-20(17)24-12-2-11-23(13-14-24)16-19-5-3-18(4-6-19)7-9-21;;/h3-6,8,10,15H,2,7,9,11-14,16,21H2,1H3;2*1H. The molecule has 0 amide bonds. The fraction of sp³-hybridized carbons (Fsp3) is 0.450. The first-order valence-electron chi connectivity index (χ1n) is 8.92. The molecule has 0 unspecified atom stereocenters. The van der Waals surface area contributed by atoms with Crippen molar-refractivity contribution in [2.45, 2.75) is 26.3 Å². The second kappa shape index (κ2) is 11.4. The molecule has 3 rings (SSSR count). The lowest BCUT2D eigenvalue weighted by molar-refractivity contribution is 0.285. The molecule has 26 heavy (non-hydrogen) atoms. The van der Waals surface area contributed by atoms with Crippen molar-refractivity contribution >= 4 is 30.5 Å². The molecule has 4 nitrogen and oxygen atoms in total. The molecular formula is C20H30Cl2N4. The minimum atomic E-state index is 0. The Balaban J connectivity index is 0.00000169. The Labute approximate surface area is 169 Å². The van der Waals surface area contributed by atoms with E-state index < -0.39 is 0 Å². The molecule has 2 aromatic rings. The summed E-state index contributed by atoms with van der Waals surface area (Å²) in [6.07, 6.45) is 6.02. The Morgan fingerprint density at radius 1 is 0.962 bits per heavy atom. The molecule has 1 aromatic heterocycles. The van der Waals surface area contributed by atoms with Gasteiger partial charge in [-0.05, 0) is 49.1 Å². The normalized spacial score (nSPS) is 14.9. The minimum Gasteiger partial charge on any atom is -0.370 e. The van der Waals surface area contributed by atoms with Crippen LogP contribution < -0.4 is 10.6 Å². The summed E-state index contributed by atoms with van der Waals surface area (Å²) in [5.41, 5.74) is 10.9. The van der Waals surface area contributed by atoms with Gasteiger partial charge in [-0.1, -0.05) is 24.3 Å². The van der Waals surface area contributed by atoms with Crippen LogP contribution in [-0.4, -0.2) is 42.6 Å². The third-order valence-electron chi connectivity index (χ3n) is 4.78. The molecule has 0 spiro atoms. The van der Waals surface area contributed by atoms with E-state index in [2.05, 4.69) is 52.0 Å². The quantitative estimate of drug-likeness (QED) is 0.840. The van der Waals surface area contributed by atoms with Crippen LogP contribution in [0.5, 0.6) is 0 Å². The van der Waals surface area contributed by atoms with Gasteiger partial charge in [-0.3, -0.25) is 9.88 Å². The van der Waals surface area contributed by atoms with Gasteiger partial charge in [-0.15, -0.1) is 24.8 Å². The van der Waals surface area contributed by atoms with Crippen molar-refractivity contribution in [3.05, 3.63) is 59.4 Å². The number of nitrogens with two attached hydrogens (primary N) is 1. The number of halogens is 2. The topological polar surface area (TPSA) is 45.4 Å². The first kappa shape index (κ1) is 22.7. The highest BCUT2D eigenvalue weighted by Gasteiger charge is 2.16. The molecule has 2 N–H and O–H groups in total. The zero-order chi connectivity index (χ0) is 16.8. The van der Waals surface area contributed by atoms with E-state index in [-0.39, 0.29) is 24.8 Å². The van der Waals surface area contributed by atoms with Crippen LogP contribution in [0.15, 0.2) is 42.7 Å². The van der Waals surface area contributed by atoms with Crippen LogP contribution in [0.25, 0.3) is 0 Å². The van der Waals surface area contributed by atoms with Crippen molar-refractivity contribution in [1.82, 2.24) is 9.88 Å². The van der Waals surface area contributed by atoms with E-state index in [1.807, 2.05) is 12.4 Å². The van der Waals surface area contributed by atoms with Crippen LogP contribution in [0.4, 0.5) is 5.69 Å². The summed E-state index contributed by atoms with van der Waals surface area (Å²) < 4.78 is 0. The Morgan fingerprint density at radius 3 is 2.38 bits per heavy atom. The number of benzene rings is 1. The molecule has 1 aliphatic heterocycles. The van der Waals surface area contributed by atoms with E-state index in [0.717, 1.165) is 45.7 Å². The maximum Gasteiger partial charge on any atom is 0.0427 e. The highest BCUT2D eigenvalue weighted by Crippen LogP contribution is 2.20. The van der Waals surface area contributed by atoms with Crippen LogP contribution in [0.3, 0.4) is 0 Å². The van der Waals surface area contributed by atoms with Crippen LogP contribution >= 0.6 is 24.8 Å². The molecule has 0 bridgehead atoms. The Hall–Kier alpha value is -1.33. The highest BCUT2D eigenvalue weighted by atomic mass is 35.5. The maximum atomic E-state index is 5.62. The number of anilines is 1. The van der Waals surface area contributed by atoms with E-state index in [1.165, 1.54) is 28.8 Å². The molecule has 2 heterocycles. The largest absolute Gasteiger partial charge is 0.370 e. The second-order valence-corrected chi connectivity index (χ2v) is 6.63. The molecule has 1 saturated heterocycles. The third kappa shape index (κ3) is 6.13. The predicted octanol–water partition coefficient (Wildman–Crippen LogP) is 3.45. The molecule has 1 fully saturated rings. The van der Waals surface area contributed by atoms with E-state index in [4.69, 9.17) is 5.73 Å². The zero-order valence-corrected chi connectivity index (χ0v) is 17.1. The lowest BCUT2D eigenvalue weighted by Gasteiger charge is -2.25. The Kier molecular flexibility index (Phi) is 9.96. The lowest BCUT2D eigenvalue weighted by atomic mass is 10.1. The summed E-state index contributed by atoms with van der Waals surface area (Å²) in [5, 5.41) is 0. The van der Waals surface area contributed by atoms with Crippen LogP contribution in [0.2, 0.25) is 0 Å². The summed E-state index contributed by atoms with van der Waals surface area (Å²) in [6, 6.07) is 11.1. The predicted molar refractivity (Wildman–Crippen MR) is 115 cm³/mol. The summed E-state index contributed by atoms with van der Waals surface area (Å²) in [7, 11) is 0. The maximum absolute atomic E-state index is 5.62. The zero-order valence-electron chi connectivity index (χ0n) is 15.4. The molecule has 0 atom stereocenters. The fourth-order valence-electron chi connectivity index (χ4n) is 3.43. The average Bonchev–Trinajstić information content (AvgIpc) is 2.83. The van der Waals surface area contributed by atoms with Gasteiger partial charge in [0, 0.05) is 50.8 Å². The van der Waals surface area contributed by atoms with E-state index in [0.29, 0.717) is 0 Å². The van der Waals surface area contributed by atoms with Crippen LogP contribution in [0, 0.1) is 6.92 Å². The van der Waals surface area contributed by atoms with E-state index in [9.17, 15) is 0 Å². The van der Waals surface area contributed by atoms with Crippen molar-refractivity contribution in [1.29, 1.82) is 0 Å². The van der Waals surface area contributed by atoms with Crippen LogP contribution in [0.1, 0.15) is 23.1 Å². The molecule has 0 saturated carbocycles. The van der Waals surface area contributed by atoms with Gasteiger partial charge in [0.05, 0.1) is 0 Å². The van der Waals surface area contributed by atoms with Crippen molar-refractivity contribution in [3.63, 3.8) is 0 Å². The molecule has 6 heteroatoms. The summed E-state index contributed by atoms with van der Waals surface area (Å²) in [6.45, 7) is 8.36. The smallest absolute Gasteiger partial charge is 0.0427 e. The second-order valence-electron chi connectivity index (χ2n) is 6.63. The van der Waals surface area contributed by atoms with Crippen molar-refractivity contribution < 1.29 is 0 Å². The number of aromatic nitrogens is 1. The first-order chi connectivity index (χ1) is 11.8. The molecular weight excluding hydrogens is 367 g/mol. The van der Waals surface area contributed by atoms with Gasteiger partial charge >= 0.3 is 0 Å². The molecule has 1 aromatic carbocycles. The van der Waals surface area contributed by atoms with Gasteiger partial charge in [0.25, 0.3) is 0 Å². The van der Waals surface area contributed by atoms with Gasteiger partial charge in [0.2, 0.25) is 0 Å². The number of pyridine rings is 1. The number of nitrogens with zero attached hydrogens (tertiary/aromatic N) is 3. The van der Waals surface area contributed by atoms with Gasteiger partial charge < -0.3 is 10.6 Å². The van der Waals surface area contributed by atoms with Crippen molar-refractivity contribution in [3.8, 4) is 0 Å². The van der Waals surface area contributed by atoms with Gasteiger partial charge in [0.1, 0.15) is 0 Å². The monoisotopic (exact) mass is 396 g/mol. The number of aryl methyl sites for hydroxylation is 1. The number of rotatable bonds is 5. The average molecular weight is 397 g/mol. The van der Waals surface area contributed by atoms with E-state index >= 15 is 0 Å². The SMILES string of the molecule is Cc1cnccc1N1CCCN(Cc2ccc(CCN)cc2)CC1.Cl.Cl. The minimum absolute atomic E-state index is 0. The van der Waals surface area contributed by atoms with Gasteiger partial charge in [-0.25, -0.2) is 0 Å². The molecule has 0 aliphatic carbocycles. The number of hydrogen-bond acceptors (Lipinski definition) is 4. The van der Waals surface area contributed by atoms with Gasteiger partial charge in [0.15, 0.2) is 0 Å². The Bertz CT molecular complexity index is 649.